The molecule has 4 heteroatoms. The molecule has 112 valence electrons. The average Bonchev–Trinajstić information content (AvgIpc) is 2.45. The third-order valence-electron chi connectivity index (χ3n) is 4.11. The van der Waals surface area contributed by atoms with Crippen molar-refractivity contribution in [2.24, 2.45) is 5.92 Å². The first-order valence-corrected chi connectivity index (χ1v) is 7.89. The maximum absolute atomic E-state index is 13.5. The van der Waals surface area contributed by atoms with Gasteiger partial charge in [-0.15, -0.1) is 0 Å². The molecule has 1 aliphatic carbocycles. The van der Waals surface area contributed by atoms with E-state index in [1.165, 1.54) is 25.3 Å². The summed E-state index contributed by atoms with van der Waals surface area (Å²) >= 11 is 6.15. The molecule has 0 spiro atoms. The van der Waals surface area contributed by atoms with Gasteiger partial charge in [0, 0.05) is 11.1 Å². The Morgan fingerprint density at radius 1 is 1.20 bits per heavy atom. The number of hydrogen-bond donors (Lipinski definition) is 1. The normalized spacial score (nSPS) is 18.2. The van der Waals surface area contributed by atoms with Gasteiger partial charge < -0.3 is 5.32 Å². The molecule has 1 N–H and O–H groups in total. The summed E-state index contributed by atoms with van der Waals surface area (Å²) in [6.45, 7) is 2.95. The number of rotatable bonds is 5. The lowest BCUT2D eigenvalue weighted by atomic mass is 9.81. The molecule has 0 saturated heterocycles. The fraction of sp³-hybridized carbons (Fsp3) is 0.625. The molecule has 0 radical (unpaired) electrons. The van der Waals surface area contributed by atoms with Gasteiger partial charge in [-0.3, -0.25) is 0 Å². The number of halogens is 3. The van der Waals surface area contributed by atoms with E-state index in [1.54, 1.807) is 0 Å². The number of hydrogen-bond acceptors (Lipinski definition) is 1. The second-order valence-corrected chi connectivity index (χ2v) is 6.02. The van der Waals surface area contributed by atoms with Crippen LogP contribution in [0.2, 0.25) is 5.02 Å². The van der Waals surface area contributed by atoms with Gasteiger partial charge in [0.25, 0.3) is 0 Å². The molecule has 0 amide bonds. The molecule has 0 heterocycles. The Labute approximate surface area is 124 Å². The minimum atomic E-state index is -0.878. The second kappa shape index (κ2) is 7.37. The lowest BCUT2D eigenvalue weighted by molar-refractivity contribution is 0.271. The summed E-state index contributed by atoms with van der Waals surface area (Å²) in [5.74, 6) is -1.24. The molecule has 1 unspecified atom stereocenters. The van der Waals surface area contributed by atoms with Crippen molar-refractivity contribution in [3.05, 3.63) is 34.4 Å². The van der Waals surface area contributed by atoms with Crippen LogP contribution in [-0.2, 0) is 0 Å². The third-order valence-corrected chi connectivity index (χ3v) is 4.44. The van der Waals surface area contributed by atoms with Crippen LogP contribution in [0.25, 0.3) is 0 Å². The maximum Gasteiger partial charge on any atom is 0.160 e. The van der Waals surface area contributed by atoms with Gasteiger partial charge in [0.15, 0.2) is 11.6 Å². The van der Waals surface area contributed by atoms with Gasteiger partial charge in [-0.05, 0) is 49.4 Å². The predicted octanol–water partition coefficient (Wildman–Crippen LogP) is 5.24. The Kier molecular flexibility index (Phi) is 5.79. The highest BCUT2D eigenvalue weighted by atomic mass is 35.5. The van der Waals surface area contributed by atoms with Gasteiger partial charge in [-0.1, -0.05) is 37.8 Å². The Hall–Kier alpha value is -0.670. The summed E-state index contributed by atoms with van der Waals surface area (Å²) in [5, 5.41) is 3.79. The van der Waals surface area contributed by atoms with E-state index in [1.807, 2.05) is 0 Å². The minimum absolute atomic E-state index is 0.0258. The molecule has 1 atom stereocenters. The fourth-order valence-corrected chi connectivity index (χ4v) is 3.34. The molecule has 1 saturated carbocycles. The molecule has 1 fully saturated rings. The number of benzene rings is 1. The smallest absolute Gasteiger partial charge is 0.160 e. The molecule has 1 aromatic carbocycles. The zero-order valence-corrected chi connectivity index (χ0v) is 12.6. The molecule has 0 aliphatic heterocycles. The molecule has 2 rings (SSSR count). The highest BCUT2D eigenvalue weighted by Gasteiger charge is 2.27. The Morgan fingerprint density at radius 3 is 2.50 bits per heavy atom. The summed E-state index contributed by atoms with van der Waals surface area (Å²) in [7, 11) is 0. The van der Waals surface area contributed by atoms with Crippen LogP contribution in [0, 0.1) is 17.6 Å². The molecule has 1 nitrogen and oxygen atoms in total. The third kappa shape index (κ3) is 3.70. The van der Waals surface area contributed by atoms with Crippen molar-refractivity contribution in [3.63, 3.8) is 0 Å². The van der Waals surface area contributed by atoms with Crippen LogP contribution in [0.1, 0.15) is 57.1 Å². The second-order valence-electron chi connectivity index (χ2n) is 5.62. The van der Waals surface area contributed by atoms with Gasteiger partial charge in [-0.25, -0.2) is 8.78 Å². The van der Waals surface area contributed by atoms with E-state index in [0.717, 1.165) is 31.9 Å². The standard InChI is InChI=1S/C16H22ClF2N/c1-2-8-20-16(11-6-4-3-5-7-11)12-9-14(18)15(19)10-13(12)17/h9-11,16,20H,2-8H2,1H3. The first-order valence-electron chi connectivity index (χ1n) is 7.51. The largest absolute Gasteiger partial charge is 0.310 e. The van der Waals surface area contributed by atoms with Crippen molar-refractivity contribution in [3.8, 4) is 0 Å². The van der Waals surface area contributed by atoms with E-state index in [-0.39, 0.29) is 6.04 Å². The average molecular weight is 302 g/mol. The molecule has 0 aromatic heterocycles. The van der Waals surface area contributed by atoms with Crippen LogP contribution in [0.5, 0.6) is 0 Å². The molecule has 1 aliphatic rings. The van der Waals surface area contributed by atoms with Gasteiger partial charge >= 0.3 is 0 Å². The van der Waals surface area contributed by atoms with Gasteiger partial charge in [0.1, 0.15) is 0 Å². The molecule has 0 bridgehead atoms. The lowest BCUT2D eigenvalue weighted by Gasteiger charge is -2.32. The summed E-state index contributed by atoms with van der Waals surface area (Å²) in [5.41, 5.74) is 0.700. The minimum Gasteiger partial charge on any atom is -0.310 e. The van der Waals surface area contributed by atoms with Crippen LogP contribution >= 0.6 is 11.6 Å². The van der Waals surface area contributed by atoms with Gasteiger partial charge in [0.05, 0.1) is 0 Å². The summed E-state index contributed by atoms with van der Waals surface area (Å²) in [6, 6.07) is 2.38. The van der Waals surface area contributed by atoms with Crippen molar-refractivity contribution in [2.45, 2.75) is 51.5 Å². The lowest BCUT2D eigenvalue weighted by Crippen LogP contribution is -2.30. The highest BCUT2D eigenvalue weighted by Crippen LogP contribution is 2.37. The monoisotopic (exact) mass is 301 g/mol. The molecule has 20 heavy (non-hydrogen) atoms. The van der Waals surface area contributed by atoms with E-state index in [4.69, 9.17) is 11.6 Å². The molecular weight excluding hydrogens is 280 g/mol. The predicted molar refractivity (Wildman–Crippen MR) is 79.0 cm³/mol. The SMILES string of the molecule is CCCNC(c1cc(F)c(F)cc1Cl)C1CCCCC1. The quantitative estimate of drug-likeness (QED) is 0.733. The highest BCUT2D eigenvalue weighted by molar-refractivity contribution is 6.31. The van der Waals surface area contributed by atoms with E-state index >= 15 is 0 Å². The topological polar surface area (TPSA) is 12.0 Å². The van der Waals surface area contributed by atoms with Gasteiger partial charge in [0.2, 0.25) is 0 Å². The number of nitrogens with one attached hydrogen (secondary N) is 1. The summed E-state index contributed by atoms with van der Waals surface area (Å²) in [4.78, 5) is 0. The Morgan fingerprint density at radius 2 is 1.85 bits per heavy atom. The van der Waals surface area contributed by atoms with Crippen LogP contribution in [0.15, 0.2) is 12.1 Å². The Balaban J connectivity index is 2.27. The van der Waals surface area contributed by atoms with E-state index in [2.05, 4.69) is 12.2 Å². The maximum atomic E-state index is 13.5. The van der Waals surface area contributed by atoms with Crippen molar-refractivity contribution in [1.82, 2.24) is 5.32 Å². The van der Waals surface area contributed by atoms with Crippen LogP contribution in [0.3, 0.4) is 0 Å². The van der Waals surface area contributed by atoms with Gasteiger partial charge in [-0.2, -0.15) is 0 Å². The first-order chi connectivity index (χ1) is 9.63. The van der Waals surface area contributed by atoms with Crippen LogP contribution < -0.4 is 5.32 Å². The summed E-state index contributed by atoms with van der Waals surface area (Å²) < 4.78 is 26.8. The first kappa shape index (κ1) is 15.7. The zero-order valence-electron chi connectivity index (χ0n) is 11.9. The molecular formula is C16H22ClF2N. The van der Waals surface area contributed by atoms with Crippen LogP contribution in [0.4, 0.5) is 8.78 Å². The zero-order chi connectivity index (χ0) is 14.5. The van der Waals surface area contributed by atoms with E-state index < -0.39 is 11.6 Å². The van der Waals surface area contributed by atoms with Crippen molar-refractivity contribution in [2.75, 3.05) is 6.54 Å². The van der Waals surface area contributed by atoms with Crippen molar-refractivity contribution in [1.29, 1.82) is 0 Å². The van der Waals surface area contributed by atoms with E-state index in [9.17, 15) is 8.78 Å². The van der Waals surface area contributed by atoms with Crippen molar-refractivity contribution >= 4 is 11.6 Å². The Bertz CT molecular complexity index is 444. The fourth-order valence-electron chi connectivity index (χ4n) is 3.07. The van der Waals surface area contributed by atoms with Crippen LogP contribution in [-0.4, -0.2) is 6.54 Å². The van der Waals surface area contributed by atoms with E-state index in [0.29, 0.717) is 16.5 Å². The summed E-state index contributed by atoms with van der Waals surface area (Å²) in [6.07, 6.45) is 6.92. The van der Waals surface area contributed by atoms with Crippen molar-refractivity contribution < 1.29 is 8.78 Å². The molecule has 1 aromatic rings.